The number of rotatable bonds is 6. The summed E-state index contributed by atoms with van der Waals surface area (Å²) in [5, 5.41) is 3.23. The van der Waals surface area contributed by atoms with Crippen molar-refractivity contribution in [2.45, 2.75) is 46.1 Å². The molecule has 0 aromatic carbocycles. The largest absolute Gasteiger partial charge is 0.365 e. The highest BCUT2D eigenvalue weighted by Crippen LogP contribution is 2.11. The van der Waals surface area contributed by atoms with Crippen LogP contribution in [0, 0.1) is 5.92 Å². The molecule has 1 aliphatic rings. The maximum absolute atomic E-state index is 12.2. The van der Waals surface area contributed by atoms with Crippen molar-refractivity contribution in [3.05, 3.63) is 22.7 Å². The number of nitrogens with zero attached hydrogens (tertiary/aromatic N) is 3. The lowest BCUT2D eigenvalue weighted by Gasteiger charge is -2.29. The van der Waals surface area contributed by atoms with Gasteiger partial charge in [0.2, 0.25) is 0 Å². The Kier molecular flexibility index (Phi) is 5.79. The van der Waals surface area contributed by atoms with E-state index < -0.39 is 0 Å². The first-order valence-electron chi connectivity index (χ1n) is 8.11. The van der Waals surface area contributed by atoms with Gasteiger partial charge in [0.25, 0.3) is 5.56 Å². The van der Waals surface area contributed by atoms with E-state index in [0.29, 0.717) is 11.7 Å². The molecule has 0 saturated carbocycles. The summed E-state index contributed by atoms with van der Waals surface area (Å²) in [6.07, 6.45) is 7.44. The van der Waals surface area contributed by atoms with Crippen LogP contribution in [-0.4, -0.2) is 40.6 Å². The van der Waals surface area contributed by atoms with Crippen LogP contribution in [0.25, 0.3) is 0 Å². The minimum atomic E-state index is -0.0299. The summed E-state index contributed by atoms with van der Waals surface area (Å²) in [6, 6.07) is 0.159. The molecule has 1 aromatic heterocycles. The number of piperidine rings is 1. The summed E-state index contributed by atoms with van der Waals surface area (Å²) in [6.45, 7) is 10.6. The fourth-order valence-corrected chi connectivity index (χ4v) is 2.87. The minimum absolute atomic E-state index is 0.0299. The SMILES string of the molecule is CC(CNc1nccn(C(C)C)c1=O)CN1CCCCC1. The summed E-state index contributed by atoms with van der Waals surface area (Å²) in [5.41, 5.74) is -0.0299. The number of likely N-dealkylation sites (tertiary alicyclic amines) is 1. The highest BCUT2D eigenvalue weighted by atomic mass is 16.1. The van der Waals surface area contributed by atoms with Gasteiger partial charge in [0.05, 0.1) is 0 Å². The summed E-state index contributed by atoms with van der Waals surface area (Å²) in [4.78, 5) is 19.0. The molecule has 2 rings (SSSR count). The van der Waals surface area contributed by atoms with Crippen LogP contribution in [0.3, 0.4) is 0 Å². The zero-order valence-electron chi connectivity index (χ0n) is 13.5. The second-order valence-corrected chi connectivity index (χ2v) is 6.43. The highest BCUT2D eigenvalue weighted by molar-refractivity contribution is 5.30. The molecule has 21 heavy (non-hydrogen) atoms. The number of hydrogen-bond acceptors (Lipinski definition) is 4. The quantitative estimate of drug-likeness (QED) is 0.874. The van der Waals surface area contributed by atoms with Crippen molar-refractivity contribution in [3.63, 3.8) is 0 Å². The Morgan fingerprint density at radius 3 is 2.62 bits per heavy atom. The molecular formula is C16H28N4O. The smallest absolute Gasteiger partial charge is 0.293 e. The summed E-state index contributed by atoms with van der Waals surface area (Å²) in [5.74, 6) is 0.980. The Labute approximate surface area is 127 Å². The third-order valence-corrected chi connectivity index (χ3v) is 4.06. The Morgan fingerprint density at radius 2 is 1.95 bits per heavy atom. The molecule has 5 heteroatoms. The van der Waals surface area contributed by atoms with Crippen LogP contribution in [0.5, 0.6) is 0 Å². The lowest BCUT2D eigenvalue weighted by atomic mass is 10.1. The van der Waals surface area contributed by atoms with E-state index in [-0.39, 0.29) is 11.6 Å². The predicted octanol–water partition coefficient (Wildman–Crippen LogP) is 2.36. The molecule has 118 valence electrons. The maximum atomic E-state index is 12.2. The molecule has 0 amide bonds. The molecule has 1 fully saturated rings. The van der Waals surface area contributed by atoms with Crippen LogP contribution in [0.2, 0.25) is 0 Å². The van der Waals surface area contributed by atoms with Crippen LogP contribution in [-0.2, 0) is 0 Å². The Bertz CT molecular complexity index is 491. The molecule has 1 saturated heterocycles. The van der Waals surface area contributed by atoms with E-state index in [4.69, 9.17) is 0 Å². The monoisotopic (exact) mass is 292 g/mol. The van der Waals surface area contributed by atoms with Crippen molar-refractivity contribution in [1.29, 1.82) is 0 Å². The van der Waals surface area contributed by atoms with Crippen LogP contribution in [0.15, 0.2) is 17.2 Å². The van der Waals surface area contributed by atoms with Crippen molar-refractivity contribution in [1.82, 2.24) is 14.5 Å². The van der Waals surface area contributed by atoms with Crippen LogP contribution in [0.4, 0.5) is 5.82 Å². The van der Waals surface area contributed by atoms with Gasteiger partial charge in [0.15, 0.2) is 5.82 Å². The molecule has 1 atom stereocenters. The molecular weight excluding hydrogens is 264 g/mol. The highest BCUT2D eigenvalue weighted by Gasteiger charge is 2.14. The zero-order valence-corrected chi connectivity index (χ0v) is 13.5. The second kappa shape index (κ2) is 7.59. The number of anilines is 1. The van der Waals surface area contributed by atoms with Gasteiger partial charge in [-0.1, -0.05) is 13.3 Å². The molecule has 1 unspecified atom stereocenters. The molecule has 0 aliphatic carbocycles. The van der Waals surface area contributed by atoms with Gasteiger partial charge in [-0.25, -0.2) is 4.98 Å². The predicted molar refractivity (Wildman–Crippen MR) is 86.8 cm³/mol. The molecule has 0 radical (unpaired) electrons. The van der Waals surface area contributed by atoms with E-state index in [1.807, 2.05) is 13.8 Å². The summed E-state index contributed by atoms with van der Waals surface area (Å²) < 4.78 is 1.71. The van der Waals surface area contributed by atoms with Gasteiger partial charge in [-0.3, -0.25) is 4.79 Å². The molecule has 1 aromatic rings. The Hall–Kier alpha value is -1.36. The first-order valence-corrected chi connectivity index (χ1v) is 8.11. The average Bonchev–Trinajstić information content (AvgIpc) is 2.47. The van der Waals surface area contributed by atoms with E-state index in [9.17, 15) is 4.79 Å². The minimum Gasteiger partial charge on any atom is -0.365 e. The fourth-order valence-electron chi connectivity index (χ4n) is 2.87. The summed E-state index contributed by atoms with van der Waals surface area (Å²) in [7, 11) is 0. The van der Waals surface area contributed by atoms with E-state index in [1.165, 1.54) is 32.4 Å². The van der Waals surface area contributed by atoms with Gasteiger partial charge in [-0.2, -0.15) is 0 Å². The molecule has 1 N–H and O–H groups in total. The number of hydrogen-bond donors (Lipinski definition) is 1. The summed E-state index contributed by atoms with van der Waals surface area (Å²) >= 11 is 0. The van der Waals surface area contributed by atoms with Gasteiger partial charge in [-0.05, 0) is 45.7 Å². The van der Waals surface area contributed by atoms with E-state index in [0.717, 1.165) is 13.1 Å². The van der Waals surface area contributed by atoms with Crippen LogP contribution in [0.1, 0.15) is 46.1 Å². The third kappa shape index (κ3) is 4.56. The van der Waals surface area contributed by atoms with Crippen molar-refractivity contribution >= 4 is 5.82 Å². The zero-order chi connectivity index (χ0) is 15.2. The first kappa shape index (κ1) is 16.0. The van der Waals surface area contributed by atoms with Gasteiger partial charge in [0.1, 0.15) is 0 Å². The molecule has 0 bridgehead atoms. The molecule has 0 spiro atoms. The van der Waals surface area contributed by atoms with Crippen molar-refractivity contribution in [2.24, 2.45) is 5.92 Å². The van der Waals surface area contributed by atoms with Crippen LogP contribution >= 0.6 is 0 Å². The van der Waals surface area contributed by atoms with E-state index >= 15 is 0 Å². The van der Waals surface area contributed by atoms with Crippen molar-refractivity contribution in [2.75, 3.05) is 31.5 Å². The lowest BCUT2D eigenvalue weighted by molar-refractivity contribution is 0.204. The molecule has 2 heterocycles. The lowest BCUT2D eigenvalue weighted by Crippen LogP contribution is -2.36. The Balaban J connectivity index is 1.87. The molecule has 1 aliphatic heterocycles. The van der Waals surface area contributed by atoms with Gasteiger partial charge < -0.3 is 14.8 Å². The second-order valence-electron chi connectivity index (χ2n) is 6.43. The topological polar surface area (TPSA) is 50.2 Å². The maximum Gasteiger partial charge on any atom is 0.293 e. The van der Waals surface area contributed by atoms with E-state index in [2.05, 4.69) is 22.1 Å². The van der Waals surface area contributed by atoms with Gasteiger partial charge in [-0.15, -0.1) is 0 Å². The first-order chi connectivity index (χ1) is 10.1. The molecule has 5 nitrogen and oxygen atoms in total. The van der Waals surface area contributed by atoms with Crippen molar-refractivity contribution < 1.29 is 0 Å². The fraction of sp³-hybridized carbons (Fsp3) is 0.750. The number of nitrogens with one attached hydrogen (secondary N) is 1. The number of aromatic nitrogens is 2. The average molecular weight is 292 g/mol. The van der Waals surface area contributed by atoms with E-state index in [1.54, 1.807) is 17.0 Å². The van der Waals surface area contributed by atoms with Crippen LogP contribution < -0.4 is 10.9 Å². The van der Waals surface area contributed by atoms with Crippen molar-refractivity contribution in [3.8, 4) is 0 Å². The standard InChI is InChI=1S/C16H28N4O/c1-13(2)20-10-7-17-15(16(20)21)18-11-14(3)12-19-8-5-4-6-9-19/h7,10,13-14H,4-6,8-9,11-12H2,1-3H3,(H,17,18). The Morgan fingerprint density at radius 1 is 1.24 bits per heavy atom. The normalized spacial score (nSPS) is 17.9. The third-order valence-electron chi connectivity index (χ3n) is 4.06. The van der Waals surface area contributed by atoms with Gasteiger partial charge in [0, 0.05) is 31.5 Å². The van der Waals surface area contributed by atoms with Gasteiger partial charge >= 0.3 is 0 Å².